The van der Waals surface area contributed by atoms with Crippen molar-refractivity contribution in [2.24, 2.45) is 0 Å². The summed E-state index contributed by atoms with van der Waals surface area (Å²) in [5.74, 6) is -1.19. The van der Waals surface area contributed by atoms with Gasteiger partial charge < -0.3 is 24.7 Å². The quantitative estimate of drug-likeness (QED) is 0.205. The number of hydrogen-bond donors (Lipinski definition) is 2. The monoisotopic (exact) mass is 582 g/mol. The van der Waals surface area contributed by atoms with E-state index in [1.807, 2.05) is 65.4 Å². The molecule has 0 spiro atoms. The lowest BCUT2D eigenvalue weighted by Gasteiger charge is -2.37. The number of carbonyl (C=O) groups excluding carboxylic acids is 3. The topological polar surface area (TPSA) is 112 Å². The average molecular weight is 583 g/mol. The number of aromatic nitrogens is 2. The van der Waals surface area contributed by atoms with Gasteiger partial charge in [-0.1, -0.05) is 91.0 Å². The average Bonchev–Trinajstić information content (AvgIpc) is 3.46. The van der Waals surface area contributed by atoms with Crippen molar-refractivity contribution in [3.8, 4) is 0 Å². The summed E-state index contributed by atoms with van der Waals surface area (Å²) in [7, 11) is 1.26. The van der Waals surface area contributed by atoms with Crippen molar-refractivity contribution in [2.75, 3.05) is 7.11 Å². The molecule has 0 saturated heterocycles. The molecule has 0 radical (unpaired) electrons. The lowest BCUT2D eigenvalue weighted by Crippen LogP contribution is -2.52. The number of methoxy groups -OCH3 is 1. The van der Waals surface area contributed by atoms with Gasteiger partial charge in [0, 0.05) is 12.6 Å². The molecule has 43 heavy (non-hydrogen) atoms. The highest BCUT2D eigenvalue weighted by atomic mass is 16.6. The number of benzene rings is 3. The number of amides is 2. The van der Waals surface area contributed by atoms with Crippen molar-refractivity contribution >= 4 is 18.0 Å². The maximum absolute atomic E-state index is 13.0. The summed E-state index contributed by atoms with van der Waals surface area (Å²) in [6, 6.07) is 28.4. The highest BCUT2D eigenvalue weighted by Gasteiger charge is 2.38. The number of hydrogen-bond acceptors (Lipinski definition) is 6. The van der Waals surface area contributed by atoms with Crippen molar-refractivity contribution in [3.05, 3.63) is 126 Å². The molecule has 9 heteroatoms. The van der Waals surface area contributed by atoms with Crippen molar-refractivity contribution in [3.63, 3.8) is 0 Å². The van der Waals surface area contributed by atoms with Crippen LogP contribution in [0.25, 0.3) is 0 Å². The molecule has 0 aliphatic carbocycles. The van der Waals surface area contributed by atoms with E-state index in [0.29, 0.717) is 5.69 Å². The number of nitrogens with one attached hydrogen (secondary N) is 2. The van der Waals surface area contributed by atoms with E-state index in [1.165, 1.54) is 14.0 Å². The highest BCUT2D eigenvalue weighted by molar-refractivity contribution is 5.89. The molecule has 4 aromatic rings. The van der Waals surface area contributed by atoms with Crippen LogP contribution in [0.2, 0.25) is 0 Å². The number of rotatable bonds is 10. The summed E-state index contributed by atoms with van der Waals surface area (Å²) < 4.78 is 12.3. The molecule has 0 bridgehead atoms. The minimum atomic E-state index is -1.04. The third-order valence-corrected chi connectivity index (χ3v) is 6.94. The second-order valence-electron chi connectivity index (χ2n) is 11.2. The zero-order valence-corrected chi connectivity index (χ0v) is 25.1. The third-order valence-electron chi connectivity index (χ3n) is 6.94. The maximum atomic E-state index is 13.0. The first-order valence-corrected chi connectivity index (χ1v) is 14.1. The number of esters is 1. The molecular weight excluding hydrogens is 544 g/mol. The molecule has 0 aliphatic heterocycles. The Bertz CT molecular complexity index is 1420. The smallest absolute Gasteiger partial charge is 0.408 e. The Morgan fingerprint density at radius 3 is 1.74 bits per heavy atom. The van der Waals surface area contributed by atoms with Gasteiger partial charge in [-0.15, -0.1) is 0 Å². The standard InChI is InChI=1S/C34H38N4O5/c1-24(36-32(41)43-33(2,3)4)30(39)37-29(31(40)42-5)21-28-22-38(23-35-28)34(25-15-9-6-10-16-25,26-17-11-7-12-18-26)27-19-13-8-14-20-27/h6-20,22-24,29H,21H2,1-5H3,(H,36,41)(H,37,39)/t24-,29?/m0/s1. The summed E-state index contributed by atoms with van der Waals surface area (Å²) in [6.45, 7) is 6.69. The Morgan fingerprint density at radius 2 is 1.30 bits per heavy atom. The van der Waals surface area contributed by atoms with E-state index in [-0.39, 0.29) is 6.42 Å². The number of carbonyl (C=O) groups is 3. The van der Waals surface area contributed by atoms with E-state index in [0.717, 1.165) is 16.7 Å². The van der Waals surface area contributed by atoms with Gasteiger partial charge in [-0.3, -0.25) is 4.79 Å². The molecule has 3 aromatic carbocycles. The van der Waals surface area contributed by atoms with Gasteiger partial charge in [-0.25, -0.2) is 14.6 Å². The fraction of sp³-hybridized carbons (Fsp3) is 0.294. The minimum Gasteiger partial charge on any atom is -0.467 e. The van der Waals surface area contributed by atoms with Gasteiger partial charge in [0.1, 0.15) is 23.2 Å². The second kappa shape index (κ2) is 13.4. The highest BCUT2D eigenvalue weighted by Crippen LogP contribution is 2.40. The molecule has 1 unspecified atom stereocenters. The second-order valence-corrected chi connectivity index (χ2v) is 11.2. The van der Waals surface area contributed by atoms with Crippen molar-refractivity contribution in [2.45, 2.75) is 57.3 Å². The lowest BCUT2D eigenvalue weighted by atomic mass is 9.77. The SMILES string of the molecule is COC(=O)C(Cc1cn(C(c2ccccc2)(c2ccccc2)c2ccccc2)cn1)NC(=O)[C@H](C)NC(=O)OC(C)(C)C. The van der Waals surface area contributed by atoms with E-state index in [9.17, 15) is 14.4 Å². The molecular formula is C34H38N4O5. The molecule has 224 valence electrons. The molecule has 2 atom stereocenters. The van der Waals surface area contributed by atoms with Crippen molar-refractivity contribution < 1.29 is 23.9 Å². The number of alkyl carbamates (subject to hydrolysis) is 1. The van der Waals surface area contributed by atoms with E-state index >= 15 is 0 Å². The summed E-state index contributed by atoms with van der Waals surface area (Å²) >= 11 is 0. The zero-order valence-electron chi connectivity index (χ0n) is 25.1. The first-order chi connectivity index (χ1) is 20.5. The molecule has 0 fully saturated rings. The predicted molar refractivity (Wildman–Crippen MR) is 163 cm³/mol. The van der Waals surface area contributed by atoms with Gasteiger partial charge in [0.15, 0.2) is 0 Å². The summed E-state index contributed by atoms with van der Waals surface area (Å²) in [4.78, 5) is 42.6. The zero-order chi connectivity index (χ0) is 31.0. The molecule has 2 amide bonds. The van der Waals surface area contributed by atoms with E-state index in [2.05, 4.69) is 52.0 Å². The Morgan fingerprint density at radius 1 is 0.814 bits per heavy atom. The number of ether oxygens (including phenoxy) is 2. The van der Waals surface area contributed by atoms with Gasteiger partial charge >= 0.3 is 12.1 Å². The van der Waals surface area contributed by atoms with Crippen LogP contribution >= 0.6 is 0 Å². The first kappa shape index (κ1) is 31.0. The van der Waals surface area contributed by atoms with Crippen LogP contribution in [0.3, 0.4) is 0 Å². The Kier molecular flexibility index (Phi) is 9.65. The first-order valence-electron chi connectivity index (χ1n) is 14.1. The molecule has 1 heterocycles. The van der Waals surface area contributed by atoms with Crippen LogP contribution in [-0.4, -0.2) is 52.3 Å². The van der Waals surface area contributed by atoms with E-state index in [4.69, 9.17) is 9.47 Å². The predicted octanol–water partition coefficient (Wildman–Crippen LogP) is 4.84. The van der Waals surface area contributed by atoms with Crippen LogP contribution in [-0.2, 0) is 31.0 Å². The van der Waals surface area contributed by atoms with Crippen LogP contribution < -0.4 is 10.6 Å². The van der Waals surface area contributed by atoms with Crippen LogP contribution in [0.1, 0.15) is 50.1 Å². The van der Waals surface area contributed by atoms with Gasteiger partial charge in [-0.2, -0.15) is 0 Å². The Hall–Kier alpha value is -4.92. The number of imidazole rings is 1. The molecule has 2 N–H and O–H groups in total. The summed E-state index contributed by atoms with van der Waals surface area (Å²) in [6.07, 6.45) is 2.96. The van der Waals surface area contributed by atoms with Gasteiger partial charge in [0.25, 0.3) is 0 Å². The third kappa shape index (κ3) is 7.30. The van der Waals surface area contributed by atoms with Crippen LogP contribution in [0.5, 0.6) is 0 Å². The van der Waals surface area contributed by atoms with Gasteiger partial charge in [0.05, 0.1) is 19.1 Å². The molecule has 1 aromatic heterocycles. The summed E-state index contributed by atoms with van der Waals surface area (Å²) in [5.41, 5.74) is 2.15. The fourth-order valence-electron chi connectivity index (χ4n) is 5.03. The van der Waals surface area contributed by atoms with Crippen LogP contribution in [0.4, 0.5) is 4.79 Å². The molecule has 9 nitrogen and oxygen atoms in total. The van der Waals surface area contributed by atoms with Gasteiger partial charge in [-0.05, 0) is 44.4 Å². The molecule has 0 aliphatic rings. The van der Waals surface area contributed by atoms with Crippen LogP contribution in [0, 0.1) is 0 Å². The van der Waals surface area contributed by atoms with Crippen LogP contribution in [0.15, 0.2) is 104 Å². The number of nitrogens with zero attached hydrogens (tertiary/aromatic N) is 2. The van der Waals surface area contributed by atoms with Crippen molar-refractivity contribution in [1.29, 1.82) is 0 Å². The Balaban J connectivity index is 1.67. The normalized spacial score (nSPS) is 13.0. The lowest BCUT2D eigenvalue weighted by molar-refractivity contribution is -0.145. The molecule has 4 rings (SSSR count). The largest absolute Gasteiger partial charge is 0.467 e. The minimum absolute atomic E-state index is 0.0685. The fourth-order valence-corrected chi connectivity index (χ4v) is 5.03. The van der Waals surface area contributed by atoms with E-state index < -0.39 is 41.2 Å². The van der Waals surface area contributed by atoms with E-state index in [1.54, 1.807) is 27.1 Å². The summed E-state index contributed by atoms with van der Waals surface area (Å²) in [5, 5.41) is 5.19. The maximum Gasteiger partial charge on any atom is 0.408 e. The Labute approximate surface area is 252 Å². The van der Waals surface area contributed by atoms with Gasteiger partial charge in [0.2, 0.25) is 5.91 Å². The van der Waals surface area contributed by atoms with Crippen molar-refractivity contribution in [1.82, 2.24) is 20.2 Å². The molecule has 0 saturated carbocycles.